The van der Waals surface area contributed by atoms with Crippen LogP contribution < -0.4 is 4.90 Å². The van der Waals surface area contributed by atoms with E-state index in [9.17, 15) is 9.59 Å². The molecule has 0 unspecified atom stereocenters. The highest BCUT2D eigenvalue weighted by Gasteiger charge is 2.25. The molecule has 1 aromatic heterocycles. The summed E-state index contributed by atoms with van der Waals surface area (Å²) in [6.45, 7) is 7.83. The molecular weight excluding hydrogens is 314 g/mol. The molecule has 0 bridgehead atoms. The molecule has 9 nitrogen and oxygen atoms in total. The topological polar surface area (TPSA) is 97.8 Å². The number of carbonyl (C=O) groups is 2. The summed E-state index contributed by atoms with van der Waals surface area (Å²) in [4.78, 5) is 39.3. The van der Waals surface area contributed by atoms with Gasteiger partial charge in [0.15, 0.2) is 0 Å². The normalized spacial score (nSPS) is 15.7. The first-order valence-electron chi connectivity index (χ1n) is 7.80. The Morgan fingerprint density at radius 1 is 1.12 bits per heavy atom. The third-order valence-electron chi connectivity index (χ3n) is 3.36. The molecular formula is C15H23N5O4. The summed E-state index contributed by atoms with van der Waals surface area (Å²) in [5.41, 5.74) is -0.521. The summed E-state index contributed by atoms with van der Waals surface area (Å²) < 4.78 is 10.0. The smallest absolute Gasteiger partial charge is 0.410 e. The van der Waals surface area contributed by atoms with Crippen molar-refractivity contribution < 1.29 is 19.1 Å². The molecule has 0 spiro atoms. The fourth-order valence-electron chi connectivity index (χ4n) is 2.26. The van der Waals surface area contributed by atoms with Crippen LogP contribution in [0.1, 0.15) is 37.8 Å². The standard InChI is InChI=1S/C15H23N5O4/c1-15(2,3)24-14(22)20-7-5-6-19(8-9-20)13-17-10-16-11(18-13)12(21)23-4/h10H,5-9H2,1-4H3. The van der Waals surface area contributed by atoms with Gasteiger partial charge in [0.05, 0.1) is 7.11 Å². The molecule has 0 aliphatic carbocycles. The Morgan fingerprint density at radius 2 is 1.88 bits per heavy atom. The number of aromatic nitrogens is 3. The summed E-state index contributed by atoms with van der Waals surface area (Å²) in [5.74, 6) is -0.240. The van der Waals surface area contributed by atoms with Crippen molar-refractivity contribution in [2.24, 2.45) is 0 Å². The summed E-state index contributed by atoms with van der Waals surface area (Å²) in [5, 5.41) is 0. The van der Waals surface area contributed by atoms with Crippen molar-refractivity contribution in [2.45, 2.75) is 32.8 Å². The monoisotopic (exact) mass is 337 g/mol. The van der Waals surface area contributed by atoms with Crippen LogP contribution in [0.25, 0.3) is 0 Å². The van der Waals surface area contributed by atoms with Crippen molar-refractivity contribution >= 4 is 18.0 Å². The molecule has 2 rings (SSSR count). The van der Waals surface area contributed by atoms with Gasteiger partial charge in [0.25, 0.3) is 0 Å². The first-order chi connectivity index (χ1) is 11.3. The largest absolute Gasteiger partial charge is 0.463 e. The Morgan fingerprint density at radius 3 is 2.54 bits per heavy atom. The second-order valence-electron chi connectivity index (χ2n) is 6.41. The van der Waals surface area contributed by atoms with Crippen molar-refractivity contribution in [1.82, 2.24) is 19.9 Å². The number of amides is 1. The fourth-order valence-corrected chi connectivity index (χ4v) is 2.26. The van der Waals surface area contributed by atoms with E-state index in [1.165, 1.54) is 13.4 Å². The maximum absolute atomic E-state index is 12.2. The summed E-state index contributed by atoms with van der Waals surface area (Å²) >= 11 is 0. The third-order valence-corrected chi connectivity index (χ3v) is 3.36. The first-order valence-corrected chi connectivity index (χ1v) is 7.80. The number of rotatable bonds is 2. The molecule has 24 heavy (non-hydrogen) atoms. The van der Waals surface area contributed by atoms with E-state index in [4.69, 9.17) is 4.74 Å². The van der Waals surface area contributed by atoms with Gasteiger partial charge in [-0.15, -0.1) is 0 Å². The van der Waals surface area contributed by atoms with E-state index >= 15 is 0 Å². The zero-order valence-corrected chi connectivity index (χ0v) is 14.5. The first kappa shape index (κ1) is 17.9. The van der Waals surface area contributed by atoms with Crippen molar-refractivity contribution in [3.05, 3.63) is 12.2 Å². The second kappa shape index (κ2) is 7.41. The number of carbonyl (C=O) groups excluding carboxylic acids is 2. The van der Waals surface area contributed by atoms with Gasteiger partial charge in [-0.3, -0.25) is 0 Å². The Kier molecular flexibility index (Phi) is 5.53. The predicted molar refractivity (Wildman–Crippen MR) is 85.8 cm³/mol. The molecule has 0 N–H and O–H groups in total. The highest BCUT2D eigenvalue weighted by atomic mass is 16.6. The maximum atomic E-state index is 12.2. The molecule has 9 heteroatoms. The van der Waals surface area contributed by atoms with Crippen LogP contribution >= 0.6 is 0 Å². The lowest BCUT2D eigenvalue weighted by Crippen LogP contribution is -2.39. The number of anilines is 1. The van der Waals surface area contributed by atoms with Crippen molar-refractivity contribution in [2.75, 3.05) is 38.2 Å². The summed E-state index contributed by atoms with van der Waals surface area (Å²) in [7, 11) is 1.27. The van der Waals surface area contributed by atoms with Gasteiger partial charge in [0.1, 0.15) is 11.9 Å². The summed E-state index contributed by atoms with van der Waals surface area (Å²) in [6.07, 6.45) is 1.71. The fraction of sp³-hybridized carbons (Fsp3) is 0.667. The lowest BCUT2D eigenvalue weighted by molar-refractivity contribution is 0.0263. The van der Waals surface area contributed by atoms with Crippen LogP contribution in [-0.2, 0) is 9.47 Å². The zero-order valence-electron chi connectivity index (χ0n) is 14.5. The molecule has 0 saturated carbocycles. The average molecular weight is 337 g/mol. The van der Waals surface area contributed by atoms with E-state index < -0.39 is 11.6 Å². The van der Waals surface area contributed by atoms with Crippen LogP contribution in [0.3, 0.4) is 0 Å². The molecule has 1 fully saturated rings. The molecule has 1 aliphatic rings. The maximum Gasteiger partial charge on any atom is 0.410 e. The minimum absolute atomic E-state index is 0.0317. The number of nitrogens with zero attached hydrogens (tertiary/aromatic N) is 5. The minimum atomic E-state index is -0.608. The van der Waals surface area contributed by atoms with Crippen molar-refractivity contribution in [3.8, 4) is 0 Å². The Bertz CT molecular complexity index is 602. The molecule has 1 saturated heterocycles. The van der Waals surface area contributed by atoms with Crippen molar-refractivity contribution in [1.29, 1.82) is 0 Å². The second-order valence-corrected chi connectivity index (χ2v) is 6.41. The van der Waals surface area contributed by atoms with Crippen LogP contribution in [0.4, 0.5) is 10.7 Å². The van der Waals surface area contributed by atoms with Gasteiger partial charge in [0.2, 0.25) is 11.8 Å². The van der Waals surface area contributed by atoms with Crippen LogP contribution in [0.5, 0.6) is 0 Å². The molecule has 2 heterocycles. The Hall–Kier alpha value is -2.45. The minimum Gasteiger partial charge on any atom is -0.463 e. The molecule has 0 aromatic carbocycles. The van der Waals surface area contributed by atoms with Gasteiger partial charge in [-0.05, 0) is 27.2 Å². The SMILES string of the molecule is COC(=O)c1ncnc(N2CCCN(C(=O)OC(C)(C)C)CC2)n1. The van der Waals surface area contributed by atoms with E-state index in [0.29, 0.717) is 32.1 Å². The zero-order chi connectivity index (χ0) is 17.7. The lowest BCUT2D eigenvalue weighted by Gasteiger charge is -2.26. The molecule has 1 aromatic rings. The molecule has 1 amide bonds. The molecule has 1 aliphatic heterocycles. The van der Waals surface area contributed by atoms with E-state index in [0.717, 1.165) is 6.42 Å². The number of hydrogen-bond donors (Lipinski definition) is 0. The van der Waals surface area contributed by atoms with Gasteiger partial charge in [0, 0.05) is 26.2 Å². The number of esters is 1. The highest BCUT2D eigenvalue weighted by Crippen LogP contribution is 2.14. The lowest BCUT2D eigenvalue weighted by atomic mass is 10.2. The van der Waals surface area contributed by atoms with Gasteiger partial charge in [-0.1, -0.05) is 0 Å². The summed E-state index contributed by atoms with van der Waals surface area (Å²) in [6, 6.07) is 0. The number of ether oxygens (including phenoxy) is 2. The van der Waals surface area contributed by atoms with E-state index in [2.05, 4.69) is 19.7 Å². The van der Waals surface area contributed by atoms with E-state index in [1.54, 1.807) is 4.90 Å². The molecule has 132 valence electrons. The Labute approximate surface area is 141 Å². The van der Waals surface area contributed by atoms with Crippen LogP contribution in [0, 0.1) is 0 Å². The van der Waals surface area contributed by atoms with Crippen LogP contribution in [0.15, 0.2) is 6.33 Å². The van der Waals surface area contributed by atoms with Gasteiger partial charge in [-0.2, -0.15) is 4.98 Å². The van der Waals surface area contributed by atoms with Crippen molar-refractivity contribution in [3.63, 3.8) is 0 Å². The number of hydrogen-bond acceptors (Lipinski definition) is 8. The Balaban J connectivity index is 2.03. The predicted octanol–water partition coefficient (Wildman–Crippen LogP) is 1.11. The van der Waals surface area contributed by atoms with Gasteiger partial charge >= 0.3 is 12.1 Å². The number of methoxy groups -OCH3 is 1. The molecule has 0 radical (unpaired) electrons. The van der Waals surface area contributed by atoms with E-state index in [1.807, 2.05) is 25.7 Å². The molecule has 0 atom stereocenters. The quantitative estimate of drug-likeness (QED) is 0.740. The van der Waals surface area contributed by atoms with Gasteiger partial charge < -0.3 is 19.3 Å². The van der Waals surface area contributed by atoms with Gasteiger partial charge in [-0.25, -0.2) is 19.6 Å². The van der Waals surface area contributed by atoms with E-state index in [-0.39, 0.29) is 11.9 Å². The highest BCUT2D eigenvalue weighted by molar-refractivity contribution is 5.85. The van der Waals surface area contributed by atoms with Crippen LogP contribution in [-0.4, -0.2) is 70.8 Å². The third kappa shape index (κ3) is 4.77. The average Bonchev–Trinajstić information content (AvgIpc) is 2.79. The van der Waals surface area contributed by atoms with Crippen LogP contribution in [0.2, 0.25) is 0 Å².